The van der Waals surface area contributed by atoms with Crippen molar-refractivity contribution in [3.05, 3.63) is 6.33 Å². The monoisotopic (exact) mass is 250 g/mol. The molecular weight excluding hydrogens is 228 g/mol. The summed E-state index contributed by atoms with van der Waals surface area (Å²) in [5, 5.41) is 3.16. The average Bonchev–Trinajstić information content (AvgIpc) is 2.42. The van der Waals surface area contributed by atoms with Gasteiger partial charge in [-0.25, -0.2) is 9.97 Å². The summed E-state index contributed by atoms with van der Waals surface area (Å²) >= 11 is 0. The van der Waals surface area contributed by atoms with Crippen LogP contribution < -0.4 is 16.0 Å². The van der Waals surface area contributed by atoms with E-state index in [0.29, 0.717) is 5.69 Å². The van der Waals surface area contributed by atoms with Gasteiger partial charge in [0.1, 0.15) is 12.0 Å². The van der Waals surface area contributed by atoms with E-state index >= 15 is 0 Å². The molecule has 0 amide bonds. The number of nitrogens with zero attached hydrogens (tertiary/aromatic N) is 4. The second-order valence-corrected chi connectivity index (χ2v) is 4.41. The number of hydrogen-bond acceptors (Lipinski definition) is 6. The fraction of sp³-hybridized carbons (Fsp3) is 0.667. The summed E-state index contributed by atoms with van der Waals surface area (Å²) in [5.41, 5.74) is 6.78. The molecule has 0 radical (unpaired) electrons. The first-order chi connectivity index (χ1) is 8.76. The largest absolute Gasteiger partial charge is 0.393 e. The number of hydrogen-bond donors (Lipinski definition) is 2. The Morgan fingerprint density at radius 2 is 1.94 bits per heavy atom. The lowest BCUT2D eigenvalue weighted by molar-refractivity contribution is 0.270. The summed E-state index contributed by atoms with van der Waals surface area (Å²) in [4.78, 5) is 13.2. The Hall–Kier alpha value is -1.56. The third-order valence-corrected chi connectivity index (χ3v) is 3.33. The lowest BCUT2D eigenvalue weighted by atomic mass is 10.3. The smallest absolute Gasteiger partial charge is 0.157 e. The van der Waals surface area contributed by atoms with E-state index in [1.807, 2.05) is 6.92 Å². The standard InChI is InChI=1S/C12H22N6/c1-3-14-11-10(13)12(16-9-15-11)18-7-5-17(4-2)6-8-18/h9H,3-8,13H2,1-2H3,(H,14,15,16). The molecule has 0 unspecified atom stereocenters. The lowest BCUT2D eigenvalue weighted by Crippen LogP contribution is -2.46. The van der Waals surface area contributed by atoms with Crippen molar-refractivity contribution in [2.24, 2.45) is 0 Å². The van der Waals surface area contributed by atoms with Crippen molar-refractivity contribution in [2.75, 3.05) is 55.2 Å². The molecule has 0 bridgehead atoms. The van der Waals surface area contributed by atoms with E-state index in [-0.39, 0.29) is 0 Å². The molecule has 1 aliphatic heterocycles. The van der Waals surface area contributed by atoms with Gasteiger partial charge in [0.25, 0.3) is 0 Å². The SMILES string of the molecule is CCNc1ncnc(N2CCN(CC)CC2)c1N. The second-order valence-electron chi connectivity index (χ2n) is 4.41. The first-order valence-electron chi connectivity index (χ1n) is 6.57. The van der Waals surface area contributed by atoms with Crippen molar-refractivity contribution in [2.45, 2.75) is 13.8 Å². The molecule has 1 aliphatic rings. The maximum absolute atomic E-state index is 6.12. The van der Waals surface area contributed by atoms with Gasteiger partial charge in [0, 0.05) is 32.7 Å². The lowest BCUT2D eigenvalue weighted by Gasteiger charge is -2.35. The first-order valence-corrected chi connectivity index (χ1v) is 6.57. The topological polar surface area (TPSA) is 70.3 Å². The normalized spacial score (nSPS) is 16.9. The van der Waals surface area contributed by atoms with Crippen molar-refractivity contribution in [3.63, 3.8) is 0 Å². The molecule has 6 heteroatoms. The number of likely N-dealkylation sites (N-methyl/N-ethyl adjacent to an activating group) is 1. The Morgan fingerprint density at radius 3 is 2.56 bits per heavy atom. The van der Waals surface area contributed by atoms with Crippen molar-refractivity contribution < 1.29 is 0 Å². The number of nitrogens with one attached hydrogen (secondary N) is 1. The molecule has 0 spiro atoms. The predicted molar refractivity (Wildman–Crippen MR) is 74.9 cm³/mol. The van der Waals surface area contributed by atoms with E-state index in [1.165, 1.54) is 0 Å². The summed E-state index contributed by atoms with van der Waals surface area (Å²) in [6.07, 6.45) is 1.58. The van der Waals surface area contributed by atoms with Crippen LogP contribution in [0.1, 0.15) is 13.8 Å². The highest BCUT2D eigenvalue weighted by Gasteiger charge is 2.20. The Kier molecular flexibility index (Phi) is 4.19. The van der Waals surface area contributed by atoms with Crippen LogP contribution in [0.25, 0.3) is 0 Å². The van der Waals surface area contributed by atoms with E-state index in [4.69, 9.17) is 5.73 Å². The molecule has 0 saturated carbocycles. The average molecular weight is 250 g/mol. The summed E-state index contributed by atoms with van der Waals surface area (Å²) in [5.74, 6) is 1.59. The van der Waals surface area contributed by atoms with Crippen LogP contribution in [0, 0.1) is 0 Å². The van der Waals surface area contributed by atoms with Gasteiger partial charge in [0.05, 0.1) is 0 Å². The van der Waals surface area contributed by atoms with Gasteiger partial charge in [-0.3, -0.25) is 0 Å². The van der Waals surface area contributed by atoms with Crippen molar-refractivity contribution >= 4 is 17.3 Å². The summed E-state index contributed by atoms with van der Waals surface area (Å²) in [6, 6.07) is 0. The van der Waals surface area contributed by atoms with Gasteiger partial charge in [0.2, 0.25) is 0 Å². The molecule has 18 heavy (non-hydrogen) atoms. The number of aromatic nitrogens is 2. The Morgan fingerprint density at radius 1 is 1.22 bits per heavy atom. The summed E-state index contributed by atoms with van der Waals surface area (Å²) in [6.45, 7) is 10.2. The molecule has 1 saturated heterocycles. The molecule has 6 nitrogen and oxygen atoms in total. The minimum atomic E-state index is 0.657. The highest BCUT2D eigenvalue weighted by atomic mass is 15.3. The van der Waals surface area contributed by atoms with Gasteiger partial charge < -0.3 is 20.9 Å². The van der Waals surface area contributed by atoms with E-state index in [9.17, 15) is 0 Å². The van der Waals surface area contributed by atoms with Crippen LogP contribution >= 0.6 is 0 Å². The zero-order valence-corrected chi connectivity index (χ0v) is 11.2. The molecule has 100 valence electrons. The minimum Gasteiger partial charge on any atom is -0.393 e. The molecule has 1 aromatic heterocycles. The molecule has 2 heterocycles. The van der Waals surface area contributed by atoms with Gasteiger partial charge in [0.15, 0.2) is 11.6 Å². The van der Waals surface area contributed by atoms with E-state index < -0.39 is 0 Å². The summed E-state index contributed by atoms with van der Waals surface area (Å²) in [7, 11) is 0. The predicted octanol–water partition coefficient (Wildman–Crippen LogP) is 0.633. The maximum Gasteiger partial charge on any atom is 0.157 e. The molecular formula is C12H22N6. The molecule has 1 aromatic rings. The molecule has 0 atom stereocenters. The van der Waals surface area contributed by atoms with E-state index in [0.717, 1.165) is 50.9 Å². The van der Waals surface area contributed by atoms with Gasteiger partial charge in [-0.05, 0) is 13.5 Å². The fourth-order valence-electron chi connectivity index (χ4n) is 2.22. The van der Waals surface area contributed by atoms with Gasteiger partial charge in [-0.2, -0.15) is 0 Å². The van der Waals surface area contributed by atoms with Crippen LogP contribution in [0.15, 0.2) is 6.33 Å². The maximum atomic E-state index is 6.12. The number of rotatable bonds is 4. The van der Waals surface area contributed by atoms with Crippen LogP contribution in [0.3, 0.4) is 0 Å². The minimum absolute atomic E-state index is 0.657. The van der Waals surface area contributed by atoms with Crippen molar-refractivity contribution in [3.8, 4) is 0 Å². The quantitative estimate of drug-likeness (QED) is 0.817. The highest BCUT2D eigenvalue weighted by Crippen LogP contribution is 2.26. The van der Waals surface area contributed by atoms with Crippen molar-refractivity contribution in [1.82, 2.24) is 14.9 Å². The second kappa shape index (κ2) is 5.86. The zero-order valence-electron chi connectivity index (χ0n) is 11.2. The third kappa shape index (κ3) is 2.64. The van der Waals surface area contributed by atoms with Gasteiger partial charge in [-0.15, -0.1) is 0 Å². The first kappa shape index (κ1) is 12.9. The highest BCUT2D eigenvalue weighted by molar-refractivity contribution is 5.74. The van der Waals surface area contributed by atoms with E-state index in [2.05, 4.69) is 32.0 Å². The van der Waals surface area contributed by atoms with Gasteiger partial charge in [-0.1, -0.05) is 6.92 Å². The molecule has 2 rings (SSSR count). The van der Waals surface area contributed by atoms with E-state index in [1.54, 1.807) is 6.33 Å². The number of nitrogens with two attached hydrogens (primary N) is 1. The number of nitrogen functional groups attached to an aromatic ring is 1. The molecule has 3 N–H and O–H groups in total. The van der Waals surface area contributed by atoms with Crippen LogP contribution in [-0.4, -0.2) is 54.1 Å². The van der Waals surface area contributed by atoms with Crippen LogP contribution in [0.2, 0.25) is 0 Å². The number of piperazine rings is 1. The number of anilines is 3. The third-order valence-electron chi connectivity index (χ3n) is 3.33. The van der Waals surface area contributed by atoms with Crippen LogP contribution in [0.4, 0.5) is 17.3 Å². The Balaban J connectivity index is 2.11. The molecule has 0 aliphatic carbocycles. The van der Waals surface area contributed by atoms with Gasteiger partial charge >= 0.3 is 0 Å². The van der Waals surface area contributed by atoms with Crippen LogP contribution in [0.5, 0.6) is 0 Å². The fourth-order valence-corrected chi connectivity index (χ4v) is 2.22. The Labute approximate surface area is 108 Å². The Bertz CT molecular complexity index is 386. The van der Waals surface area contributed by atoms with Crippen molar-refractivity contribution in [1.29, 1.82) is 0 Å². The van der Waals surface area contributed by atoms with Crippen LogP contribution in [-0.2, 0) is 0 Å². The molecule has 1 fully saturated rings. The molecule has 0 aromatic carbocycles. The summed E-state index contributed by atoms with van der Waals surface area (Å²) < 4.78 is 0. The zero-order chi connectivity index (χ0) is 13.0.